The smallest absolute Gasteiger partial charge is 0.283 e. The van der Waals surface area contributed by atoms with E-state index in [1.54, 1.807) is 31.4 Å². The van der Waals surface area contributed by atoms with Crippen LogP contribution in [0.15, 0.2) is 94.4 Å². The highest BCUT2D eigenvalue weighted by atomic mass is 32.2. The molecule has 1 aliphatic rings. The van der Waals surface area contributed by atoms with Gasteiger partial charge in [0.05, 0.1) is 12.8 Å². The molecule has 3 aromatic carbocycles. The summed E-state index contributed by atoms with van der Waals surface area (Å²) in [6.45, 7) is 2.06. The second-order valence-corrected chi connectivity index (χ2v) is 7.98. The summed E-state index contributed by atoms with van der Waals surface area (Å²) in [5, 5.41) is 3.26. The molecule has 4 rings (SSSR count). The van der Waals surface area contributed by atoms with Crippen molar-refractivity contribution in [1.82, 2.24) is 0 Å². The van der Waals surface area contributed by atoms with Crippen molar-refractivity contribution in [2.45, 2.75) is 18.2 Å². The summed E-state index contributed by atoms with van der Waals surface area (Å²) >= 11 is 1.29. The van der Waals surface area contributed by atoms with Gasteiger partial charge in [-0.15, -0.1) is 0 Å². The van der Waals surface area contributed by atoms with Crippen LogP contribution in [0.3, 0.4) is 0 Å². The normalized spacial score (nSPS) is 13.7. The second kappa shape index (κ2) is 9.10. The van der Waals surface area contributed by atoms with Gasteiger partial charge in [-0.1, -0.05) is 55.1 Å². The third-order valence-corrected chi connectivity index (χ3v) is 6.08. The number of amides is 2. The molecule has 1 N–H and O–H groups in total. The number of rotatable bonds is 7. The van der Waals surface area contributed by atoms with Crippen LogP contribution in [0.4, 0.5) is 11.4 Å². The monoisotopic (exact) mass is 430 g/mol. The minimum Gasteiger partial charge on any atom is -0.497 e. The first-order valence-electron chi connectivity index (χ1n) is 9.97. The van der Waals surface area contributed by atoms with Crippen LogP contribution in [-0.2, 0) is 16.0 Å². The predicted octanol–water partition coefficient (Wildman–Crippen LogP) is 5.25. The van der Waals surface area contributed by atoms with Crippen molar-refractivity contribution in [3.8, 4) is 5.75 Å². The lowest BCUT2D eigenvalue weighted by Gasteiger charge is -2.16. The average Bonchev–Trinajstić information content (AvgIpc) is 3.04. The molecule has 6 heteroatoms. The largest absolute Gasteiger partial charge is 0.497 e. The number of imide groups is 1. The molecule has 0 spiro atoms. The molecule has 0 saturated heterocycles. The summed E-state index contributed by atoms with van der Waals surface area (Å²) in [6.07, 6.45) is 0.807. The fourth-order valence-electron chi connectivity index (χ4n) is 3.37. The lowest BCUT2D eigenvalue weighted by atomic mass is 10.1. The molecule has 2 amide bonds. The van der Waals surface area contributed by atoms with Gasteiger partial charge < -0.3 is 10.1 Å². The number of benzene rings is 3. The maximum Gasteiger partial charge on any atom is 0.283 e. The Morgan fingerprint density at radius 1 is 0.871 bits per heavy atom. The van der Waals surface area contributed by atoms with Gasteiger partial charge in [0.2, 0.25) is 0 Å². The molecule has 3 aromatic rings. The number of thioether (sulfide) groups is 1. The molecule has 5 nitrogen and oxygen atoms in total. The number of carbonyl (C=O) groups excluding carboxylic acids is 2. The van der Waals surface area contributed by atoms with Crippen LogP contribution in [0.1, 0.15) is 12.5 Å². The molecule has 31 heavy (non-hydrogen) atoms. The fraction of sp³-hybridized carbons (Fsp3) is 0.120. The maximum absolute atomic E-state index is 13.4. The van der Waals surface area contributed by atoms with Gasteiger partial charge in [0.15, 0.2) is 0 Å². The number of anilines is 2. The number of ether oxygens (including phenoxy) is 1. The van der Waals surface area contributed by atoms with Crippen molar-refractivity contribution in [3.05, 3.63) is 95.0 Å². The number of hydrogen-bond acceptors (Lipinski definition) is 5. The van der Waals surface area contributed by atoms with E-state index < -0.39 is 0 Å². The Labute approximate surface area is 185 Å². The number of nitrogens with zero attached hydrogens (tertiary/aromatic N) is 1. The van der Waals surface area contributed by atoms with E-state index in [-0.39, 0.29) is 17.5 Å². The highest BCUT2D eigenvalue weighted by Crippen LogP contribution is 2.38. The SMILES string of the molecule is CCc1ccccc1NC1=C(Sc2ccccc2)C(=O)N(c2ccc(OC)cc2)C1=O. The van der Waals surface area contributed by atoms with Crippen LogP contribution in [0.5, 0.6) is 5.75 Å². The molecule has 0 bridgehead atoms. The second-order valence-electron chi connectivity index (χ2n) is 6.90. The van der Waals surface area contributed by atoms with Crippen LogP contribution in [0.25, 0.3) is 0 Å². The summed E-state index contributed by atoms with van der Waals surface area (Å²) in [5.74, 6) is -0.0649. The first kappa shape index (κ1) is 20.8. The number of aryl methyl sites for hydroxylation is 1. The molecule has 0 aromatic heterocycles. The summed E-state index contributed by atoms with van der Waals surface area (Å²) < 4.78 is 5.20. The van der Waals surface area contributed by atoms with Crippen molar-refractivity contribution < 1.29 is 14.3 Å². The topological polar surface area (TPSA) is 58.6 Å². The zero-order valence-corrected chi connectivity index (χ0v) is 18.1. The molecule has 0 fully saturated rings. The third-order valence-electron chi connectivity index (χ3n) is 4.99. The summed E-state index contributed by atoms with van der Waals surface area (Å²) in [7, 11) is 1.57. The number of para-hydroxylation sites is 1. The fourth-order valence-corrected chi connectivity index (χ4v) is 4.32. The van der Waals surface area contributed by atoms with Crippen LogP contribution >= 0.6 is 11.8 Å². The zero-order chi connectivity index (χ0) is 21.8. The summed E-state index contributed by atoms with van der Waals surface area (Å²) in [5.41, 5.74) is 2.68. The van der Waals surface area contributed by atoms with E-state index in [1.807, 2.05) is 54.6 Å². The maximum atomic E-state index is 13.4. The van der Waals surface area contributed by atoms with Gasteiger partial charge in [-0.3, -0.25) is 9.59 Å². The molecule has 1 heterocycles. The molecule has 0 radical (unpaired) electrons. The van der Waals surface area contributed by atoms with E-state index >= 15 is 0 Å². The first-order valence-corrected chi connectivity index (χ1v) is 10.8. The Balaban J connectivity index is 1.74. The Morgan fingerprint density at radius 3 is 2.23 bits per heavy atom. The minimum absolute atomic E-state index is 0.288. The lowest BCUT2D eigenvalue weighted by Crippen LogP contribution is -2.32. The standard InChI is InChI=1S/C25H22N2O3S/c1-3-17-9-7-8-12-21(17)26-22-23(31-20-10-5-4-6-11-20)25(29)27(24(22)28)18-13-15-19(30-2)16-14-18/h4-16,26H,3H2,1-2H3. The van der Waals surface area contributed by atoms with Gasteiger partial charge in [-0.25, -0.2) is 4.90 Å². The van der Waals surface area contributed by atoms with E-state index in [0.717, 1.165) is 22.6 Å². The Kier molecular flexibility index (Phi) is 6.09. The highest BCUT2D eigenvalue weighted by Gasteiger charge is 2.40. The van der Waals surface area contributed by atoms with E-state index in [1.165, 1.54) is 16.7 Å². The number of carbonyl (C=O) groups is 2. The third kappa shape index (κ3) is 4.20. The van der Waals surface area contributed by atoms with E-state index in [0.29, 0.717) is 16.3 Å². The van der Waals surface area contributed by atoms with Crippen molar-refractivity contribution >= 4 is 35.0 Å². The Morgan fingerprint density at radius 2 is 1.55 bits per heavy atom. The molecule has 0 aliphatic carbocycles. The Bertz CT molecular complexity index is 1140. The summed E-state index contributed by atoms with van der Waals surface area (Å²) in [6, 6.07) is 24.3. The van der Waals surface area contributed by atoms with Crippen molar-refractivity contribution in [2.24, 2.45) is 0 Å². The molecule has 156 valence electrons. The summed E-state index contributed by atoms with van der Waals surface area (Å²) in [4.78, 5) is 29.3. The average molecular weight is 431 g/mol. The van der Waals surface area contributed by atoms with Crippen molar-refractivity contribution in [2.75, 3.05) is 17.3 Å². The van der Waals surface area contributed by atoms with Crippen LogP contribution < -0.4 is 15.0 Å². The number of nitrogens with one attached hydrogen (secondary N) is 1. The van der Waals surface area contributed by atoms with Crippen molar-refractivity contribution in [1.29, 1.82) is 0 Å². The molecule has 1 aliphatic heterocycles. The zero-order valence-electron chi connectivity index (χ0n) is 17.3. The minimum atomic E-state index is -0.375. The molecule has 0 unspecified atom stereocenters. The first-order chi connectivity index (χ1) is 15.1. The van der Waals surface area contributed by atoms with Gasteiger partial charge in [0.1, 0.15) is 16.4 Å². The lowest BCUT2D eigenvalue weighted by molar-refractivity contribution is -0.120. The van der Waals surface area contributed by atoms with E-state index in [2.05, 4.69) is 12.2 Å². The van der Waals surface area contributed by atoms with E-state index in [4.69, 9.17) is 4.74 Å². The number of methoxy groups -OCH3 is 1. The van der Waals surface area contributed by atoms with Crippen molar-refractivity contribution in [3.63, 3.8) is 0 Å². The highest BCUT2D eigenvalue weighted by molar-refractivity contribution is 8.04. The Hall–Kier alpha value is -3.51. The van der Waals surface area contributed by atoms with Gasteiger partial charge in [0, 0.05) is 10.6 Å². The van der Waals surface area contributed by atoms with Gasteiger partial charge in [-0.2, -0.15) is 0 Å². The molecule has 0 saturated carbocycles. The number of hydrogen-bond donors (Lipinski definition) is 1. The molecular weight excluding hydrogens is 408 g/mol. The van der Waals surface area contributed by atoms with Gasteiger partial charge >= 0.3 is 0 Å². The molecular formula is C25H22N2O3S. The predicted molar refractivity (Wildman–Crippen MR) is 124 cm³/mol. The van der Waals surface area contributed by atoms with Gasteiger partial charge in [-0.05, 0) is 54.4 Å². The van der Waals surface area contributed by atoms with Crippen LogP contribution in [0.2, 0.25) is 0 Å². The van der Waals surface area contributed by atoms with Gasteiger partial charge in [0.25, 0.3) is 11.8 Å². The van der Waals surface area contributed by atoms with Crippen LogP contribution in [0, 0.1) is 0 Å². The quantitative estimate of drug-likeness (QED) is 0.519. The molecule has 0 atom stereocenters. The van der Waals surface area contributed by atoms with E-state index in [9.17, 15) is 9.59 Å². The van der Waals surface area contributed by atoms with Crippen LogP contribution in [-0.4, -0.2) is 18.9 Å².